The molecule has 0 saturated carbocycles. The average Bonchev–Trinajstić information content (AvgIpc) is 3.24. The zero-order valence-corrected chi connectivity index (χ0v) is 17.1. The molecule has 9 nitrogen and oxygen atoms in total. The fourth-order valence-electron chi connectivity index (χ4n) is 3.27. The van der Waals surface area contributed by atoms with Crippen molar-refractivity contribution in [2.45, 2.75) is 6.92 Å². The van der Waals surface area contributed by atoms with Crippen molar-refractivity contribution in [3.05, 3.63) is 54.6 Å². The van der Waals surface area contributed by atoms with Crippen LogP contribution >= 0.6 is 0 Å². The van der Waals surface area contributed by atoms with Gasteiger partial charge in [-0.3, -0.25) is 4.79 Å². The van der Waals surface area contributed by atoms with Crippen LogP contribution in [0.1, 0.15) is 5.69 Å². The van der Waals surface area contributed by atoms with E-state index in [-0.39, 0.29) is 12.5 Å². The van der Waals surface area contributed by atoms with Gasteiger partial charge in [-0.05, 0) is 37.3 Å². The molecule has 3 aromatic rings. The maximum Gasteiger partial charge on any atom is 0.260 e. The number of rotatable bonds is 6. The van der Waals surface area contributed by atoms with Crippen LogP contribution in [0.25, 0.3) is 5.82 Å². The van der Waals surface area contributed by atoms with Gasteiger partial charge in [0.05, 0.1) is 12.8 Å². The van der Waals surface area contributed by atoms with Crippen LogP contribution < -0.4 is 14.4 Å². The summed E-state index contributed by atoms with van der Waals surface area (Å²) in [6, 6.07) is 11.0. The summed E-state index contributed by atoms with van der Waals surface area (Å²) in [7, 11) is 1.61. The van der Waals surface area contributed by atoms with Crippen molar-refractivity contribution in [2.75, 3.05) is 44.8 Å². The van der Waals surface area contributed by atoms with Crippen LogP contribution in [0.4, 0.5) is 5.82 Å². The molecule has 0 N–H and O–H groups in total. The average molecular weight is 408 g/mol. The fraction of sp³-hybridized carbons (Fsp3) is 0.333. The lowest BCUT2D eigenvalue weighted by molar-refractivity contribution is -0.133. The second-order valence-electron chi connectivity index (χ2n) is 6.97. The molecule has 0 atom stereocenters. The Balaban J connectivity index is 1.30. The standard InChI is InChI=1S/C21H24N6O3/c1-16-7-8-27(24-16)20-13-19(22-15-23-20)25-9-11-26(12-10-25)21(28)14-30-18-5-3-17(29-2)4-6-18/h3-8,13,15H,9-12,14H2,1-2H3. The Morgan fingerprint density at radius 3 is 2.37 bits per heavy atom. The Labute approximate surface area is 174 Å². The maximum atomic E-state index is 12.5. The molecule has 1 aliphatic rings. The van der Waals surface area contributed by atoms with Crippen molar-refractivity contribution in [2.24, 2.45) is 0 Å². The van der Waals surface area contributed by atoms with Crippen molar-refractivity contribution in [1.82, 2.24) is 24.6 Å². The highest BCUT2D eigenvalue weighted by Crippen LogP contribution is 2.18. The summed E-state index contributed by atoms with van der Waals surface area (Å²) in [6.45, 7) is 4.58. The number of piperazine rings is 1. The summed E-state index contributed by atoms with van der Waals surface area (Å²) >= 11 is 0. The van der Waals surface area contributed by atoms with Crippen LogP contribution in [0.3, 0.4) is 0 Å². The van der Waals surface area contributed by atoms with Crippen LogP contribution in [0.15, 0.2) is 48.9 Å². The van der Waals surface area contributed by atoms with Gasteiger partial charge in [-0.1, -0.05) is 0 Å². The van der Waals surface area contributed by atoms with Crippen LogP contribution in [0.5, 0.6) is 11.5 Å². The molecule has 1 aromatic carbocycles. The van der Waals surface area contributed by atoms with E-state index in [4.69, 9.17) is 9.47 Å². The molecule has 1 fully saturated rings. The highest BCUT2D eigenvalue weighted by atomic mass is 16.5. The minimum atomic E-state index is -0.0270. The number of anilines is 1. The van der Waals surface area contributed by atoms with E-state index < -0.39 is 0 Å². The number of carbonyl (C=O) groups is 1. The number of ether oxygens (including phenoxy) is 2. The van der Waals surface area contributed by atoms with Gasteiger partial charge in [0.2, 0.25) is 0 Å². The first-order valence-electron chi connectivity index (χ1n) is 9.76. The van der Waals surface area contributed by atoms with Crippen LogP contribution in [-0.4, -0.2) is 70.5 Å². The van der Waals surface area contributed by atoms with Crippen molar-refractivity contribution in [3.8, 4) is 17.3 Å². The van der Waals surface area contributed by atoms with Gasteiger partial charge >= 0.3 is 0 Å². The largest absolute Gasteiger partial charge is 0.497 e. The molecule has 156 valence electrons. The first-order valence-corrected chi connectivity index (χ1v) is 9.76. The molecule has 2 aromatic heterocycles. The number of methoxy groups -OCH3 is 1. The summed E-state index contributed by atoms with van der Waals surface area (Å²) in [4.78, 5) is 25.2. The third-order valence-electron chi connectivity index (χ3n) is 4.97. The molecule has 1 saturated heterocycles. The van der Waals surface area contributed by atoms with Gasteiger partial charge in [0.25, 0.3) is 5.91 Å². The molecule has 3 heterocycles. The number of carbonyl (C=O) groups excluding carboxylic acids is 1. The van der Waals surface area contributed by atoms with E-state index in [1.165, 1.54) is 0 Å². The zero-order valence-electron chi connectivity index (χ0n) is 17.1. The van der Waals surface area contributed by atoms with E-state index in [0.717, 1.165) is 23.1 Å². The molecule has 1 amide bonds. The SMILES string of the molecule is COc1ccc(OCC(=O)N2CCN(c3cc(-n4ccc(C)n4)ncn3)CC2)cc1. The van der Waals surface area contributed by atoms with Gasteiger partial charge in [0, 0.05) is 38.4 Å². The Morgan fingerprint density at radius 2 is 1.70 bits per heavy atom. The van der Waals surface area contributed by atoms with Crippen LogP contribution in [0, 0.1) is 6.92 Å². The highest BCUT2D eigenvalue weighted by molar-refractivity contribution is 5.78. The number of amides is 1. The van der Waals surface area contributed by atoms with E-state index in [1.807, 2.05) is 30.2 Å². The van der Waals surface area contributed by atoms with Gasteiger partial charge < -0.3 is 19.3 Å². The molecule has 0 aliphatic carbocycles. The Hall–Kier alpha value is -3.62. The minimum Gasteiger partial charge on any atom is -0.497 e. The Bertz CT molecular complexity index is 996. The lowest BCUT2D eigenvalue weighted by Crippen LogP contribution is -2.50. The van der Waals surface area contributed by atoms with E-state index in [1.54, 1.807) is 42.4 Å². The summed E-state index contributed by atoms with van der Waals surface area (Å²) in [6.07, 6.45) is 3.42. The van der Waals surface area contributed by atoms with Gasteiger partial charge in [0.15, 0.2) is 12.4 Å². The molecule has 30 heavy (non-hydrogen) atoms. The number of nitrogens with zero attached hydrogens (tertiary/aromatic N) is 6. The van der Waals surface area contributed by atoms with Gasteiger partial charge in [-0.15, -0.1) is 0 Å². The zero-order chi connectivity index (χ0) is 20.9. The number of aromatic nitrogens is 4. The van der Waals surface area contributed by atoms with Crippen molar-refractivity contribution in [1.29, 1.82) is 0 Å². The second-order valence-corrected chi connectivity index (χ2v) is 6.97. The first kappa shape index (κ1) is 19.7. The smallest absolute Gasteiger partial charge is 0.260 e. The predicted octanol–water partition coefficient (Wildman–Crippen LogP) is 1.71. The maximum absolute atomic E-state index is 12.5. The lowest BCUT2D eigenvalue weighted by atomic mass is 10.3. The monoisotopic (exact) mass is 408 g/mol. The molecule has 0 unspecified atom stereocenters. The Morgan fingerprint density at radius 1 is 1.00 bits per heavy atom. The second kappa shape index (κ2) is 8.81. The van der Waals surface area contributed by atoms with Crippen molar-refractivity contribution < 1.29 is 14.3 Å². The third-order valence-corrected chi connectivity index (χ3v) is 4.97. The number of hydrogen-bond acceptors (Lipinski definition) is 7. The molecule has 4 rings (SSSR count). The van der Waals surface area contributed by atoms with Gasteiger partial charge in [0.1, 0.15) is 23.6 Å². The van der Waals surface area contributed by atoms with Crippen LogP contribution in [0.2, 0.25) is 0 Å². The molecular formula is C21H24N6O3. The van der Waals surface area contributed by atoms with E-state index in [2.05, 4.69) is 20.0 Å². The number of benzene rings is 1. The van der Waals surface area contributed by atoms with Gasteiger partial charge in [-0.25, -0.2) is 14.6 Å². The lowest BCUT2D eigenvalue weighted by Gasteiger charge is -2.35. The van der Waals surface area contributed by atoms with Crippen LogP contribution in [-0.2, 0) is 4.79 Å². The molecule has 9 heteroatoms. The van der Waals surface area contributed by atoms with Crippen molar-refractivity contribution >= 4 is 11.7 Å². The molecule has 0 bridgehead atoms. The minimum absolute atomic E-state index is 0.0165. The van der Waals surface area contributed by atoms with E-state index >= 15 is 0 Å². The normalized spacial score (nSPS) is 13.9. The van der Waals surface area contributed by atoms with E-state index in [0.29, 0.717) is 31.9 Å². The third kappa shape index (κ3) is 4.51. The van der Waals surface area contributed by atoms with Crippen molar-refractivity contribution in [3.63, 3.8) is 0 Å². The predicted molar refractivity (Wildman–Crippen MR) is 111 cm³/mol. The Kier molecular flexibility index (Phi) is 5.78. The first-order chi connectivity index (χ1) is 14.6. The summed E-state index contributed by atoms with van der Waals surface area (Å²) in [5.41, 5.74) is 0.930. The summed E-state index contributed by atoms with van der Waals surface area (Å²) in [5.74, 6) is 2.92. The number of aryl methyl sites for hydroxylation is 1. The quantitative estimate of drug-likeness (QED) is 0.614. The van der Waals surface area contributed by atoms with E-state index in [9.17, 15) is 4.79 Å². The molecular weight excluding hydrogens is 384 g/mol. The molecule has 0 spiro atoms. The molecule has 0 radical (unpaired) electrons. The summed E-state index contributed by atoms with van der Waals surface area (Å²) < 4.78 is 12.5. The number of hydrogen-bond donors (Lipinski definition) is 0. The molecule has 1 aliphatic heterocycles. The highest BCUT2D eigenvalue weighted by Gasteiger charge is 2.22. The fourth-order valence-corrected chi connectivity index (χ4v) is 3.27. The summed E-state index contributed by atoms with van der Waals surface area (Å²) in [5, 5.41) is 4.39. The van der Waals surface area contributed by atoms with Gasteiger partial charge in [-0.2, -0.15) is 5.10 Å². The topological polar surface area (TPSA) is 85.6 Å².